The number of aliphatic hydroxyl groups is 1. The average molecular weight is 316 g/mol. The Kier molecular flexibility index (Phi) is 3.61. The Balaban J connectivity index is 2.11. The summed E-state index contributed by atoms with van der Waals surface area (Å²) in [5.41, 5.74) is 1.05. The molecule has 1 heterocycles. The maximum Gasteiger partial charge on any atom is 0.202 e. The lowest BCUT2D eigenvalue weighted by Gasteiger charge is -2.31. The monoisotopic (exact) mass is 316 g/mol. The summed E-state index contributed by atoms with van der Waals surface area (Å²) in [5.74, 6) is -0.189. The second-order valence-electron chi connectivity index (χ2n) is 5.37. The van der Waals surface area contributed by atoms with Gasteiger partial charge in [0.1, 0.15) is 28.6 Å². The van der Waals surface area contributed by atoms with Crippen LogP contribution in [0.5, 0.6) is 23.0 Å². The van der Waals surface area contributed by atoms with E-state index in [0.29, 0.717) is 11.1 Å². The molecule has 3 N–H and O–H groups in total. The summed E-state index contributed by atoms with van der Waals surface area (Å²) in [6.45, 7) is 1.61. The van der Waals surface area contributed by atoms with Crippen LogP contribution in [-0.4, -0.2) is 34.3 Å². The summed E-state index contributed by atoms with van der Waals surface area (Å²) in [7, 11) is 1.38. The number of rotatable bonds is 2. The minimum absolute atomic E-state index is 0.0609. The molecular formula is C17H16O6. The van der Waals surface area contributed by atoms with E-state index in [-0.39, 0.29) is 28.6 Å². The van der Waals surface area contributed by atoms with Gasteiger partial charge in [-0.25, -0.2) is 0 Å². The summed E-state index contributed by atoms with van der Waals surface area (Å²) in [4.78, 5) is 12.6. The molecule has 0 aromatic heterocycles. The summed E-state index contributed by atoms with van der Waals surface area (Å²) in [6, 6.07) is 7.35. The van der Waals surface area contributed by atoms with Crippen LogP contribution in [0.15, 0.2) is 30.3 Å². The number of phenols is 2. The van der Waals surface area contributed by atoms with Crippen molar-refractivity contribution in [2.45, 2.75) is 19.1 Å². The molecule has 2 aromatic rings. The number of phenolic OH excluding ortho intramolecular Hbond substituents is 2. The molecular weight excluding hydrogens is 300 g/mol. The Morgan fingerprint density at radius 2 is 1.83 bits per heavy atom. The molecule has 1 aliphatic heterocycles. The highest BCUT2D eigenvalue weighted by molar-refractivity contribution is 6.06. The van der Waals surface area contributed by atoms with Gasteiger partial charge >= 0.3 is 0 Å². The van der Waals surface area contributed by atoms with Crippen molar-refractivity contribution in [2.75, 3.05) is 7.11 Å². The van der Waals surface area contributed by atoms with Crippen LogP contribution in [0.4, 0.5) is 0 Å². The molecule has 6 nitrogen and oxygen atoms in total. The highest BCUT2D eigenvalue weighted by Gasteiger charge is 2.40. The van der Waals surface area contributed by atoms with E-state index in [1.54, 1.807) is 19.1 Å². The smallest absolute Gasteiger partial charge is 0.202 e. The van der Waals surface area contributed by atoms with Gasteiger partial charge in [0, 0.05) is 11.6 Å². The zero-order chi connectivity index (χ0) is 16.7. The van der Waals surface area contributed by atoms with Crippen molar-refractivity contribution in [3.8, 4) is 23.0 Å². The molecule has 2 aromatic carbocycles. The summed E-state index contributed by atoms with van der Waals surface area (Å²) < 4.78 is 10.9. The van der Waals surface area contributed by atoms with Crippen molar-refractivity contribution in [1.29, 1.82) is 0 Å². The first kappa shape index (κ1) is 15.2. The molecule has 120 valence electrons. The lowest BCUT2D eigenvalue weighted by molar-refractivity contribution is 0.0210. The number of ketones is 1. The third-order valence-electron chi connectivity index (χ3n) is 3.95. The van der Waals surface area contributed by atoms with Crippen LogP contribution >= 0.6 is 0 Å². The van der Waals surface area contributed by atoms with Crippen LogP contribution in [0.3, 0.4) is 0 Å². The SMILES string of the molecule is COc1c(C)c(O)cc2c1C(=O)[C@@H](O)[C@H](c1ccc(O)cc1)O2. The zero-order valence-corrected chi connectivity index (χ0v) is 12.6. The van der Waals surface area contributed by atoms with Crippen LogP contribution in [0.25, 0.3) is 0 Å². The number of carbonyl (C=O) groups excluding carboxylic acids is 1. The van der Waals surface area contributed by atoms with Gasteiger partial charge in [0.2, 0.25) is 5.78 Å². The van der Waals surface area contributed by atoms with Crippen LogP contribution < -0.4 is 9.47 Å². The third kappa shape index (κ3) is 2.37. The van der Waals surface area contributed by atoms with E-state index in [9.17, 15) is 20.1 Å². The molecule has 23 heavy (non-hydrogen) atoms. The number of methoxy groups -OCH3 is 1. The van der Waals surface area contributed by atoms with Gasteiger partial charge in [0.15, 0.2) is 12.2 Å². The highest BCUT2D eigenvalue weighted by Crippen LogP contribution is 2.44. The first-order valence-electron chi connectivity index (χ1n) is 7.02. The molecule has 0 spiro atoms. The quantitative estimate of drug-likeness (QED) is 0.785. The number of ether oxygens (including phenoxy) is 2. The number of fused-ring (bicyclic) bond motifs is 1. The summed E-state index contributed by atoms with van der Waals surface area (Å²) in [5, 5.41) is 29.6. The Morgan fingerprint density at radius 3 is 2.43 bits per heavy atom. The fourth-order valence-corrected chi connectivity index (χ4v) is 2.70. The third-order valence-corrected chi connectivity index (χ3v) is 3.95. The molecule has 0 radical (unpaired) electrons. The second kappa shape index (κ2) is 5.48. The molecule has 0 amide bonds. The average Bonchev–Trinajstić information content (AvgIpc) is 2.54. The van der Waals surface area contributed by atoms with Crippen LogP contribution in [-0.2, 0) is 0 Å². The predicted octanol–water partition coefficient (Wildman–Crippen LogP) is 2.09. The number of benzene rings is 2. The number of hydrogen-bond donors (Lipinski definition) is 3. The van der Waals surface area contributed by atoms with Crippen molar-refractivity contribution >= 4 is 5.78 Å². The maximum atomic E-state index is 12.6. The molecule has 0 bridgehead atoms. The molecule has 0 saturated carbocycles. The van der Waals surface area contributed by atoms with Crippen molar-refractivity contribution in [3.05, 3.63) is 47.0 Å². The number of carbonyl (C=O) groups is 1. The van der Waals surface area contributed by atoms with E-state index in [2.05, 4.69) is 0 Å². The van der Waals surface area contributed by atoms with Crippen molar-refractivity contribution in [2.24, 2.45) is 0 Å². The topological polar surface area (TPSA) is 96.2 Å². The lowest BCUT2D eigenvalue weighted by atomic mass is 9.91. The Bertz CT molecular complexity index is 766. The van der Waals surface area contributed by atoms with Crippen molar-refractivity contribution in [3.63, 3.8) is 0 Å². The zero-order valence-electron chi connectivity index (χ0n) is 12.6. The normalized spacial score (nSPS) is 19.9. The van der Waals surface area contributed by atoms with Crippen LogP contribution in [0, 0.1) is 6.92 Å². The van der Waals surface area contributed by atoms with Crippen LogP contribution in [0.1, 0.15) is 27.6 Å². The molecule has 0 aliphatic carbocycles. The second-order valence-corrected chi connectivity index (χ2v) is 5.37. The van der Waals surface area contributed by atoms with Gasteiger partial charge in [0.05, 0.1) is 7.11 Å². The number of aliphatic hydroxyl groups excluding tert-OH is 1. The van der Waals surface area contributed by atoms with E-state index in [1.165, 1.54) is 25.3 Å². The minimum Gasteiger partial charge on any atom is -0.508 e. The van der Waals surface area contributed by atoms with E-state index in [4.69, 9.17) is 9.47 Å². The maximum absolute atomic E-state index is 12.6. The number of hydrogen-bond acceptors (Lipinski definition) is 6. The van der Waals surface area contributed by atoms with E-state index < -0.39 is 18.0 Å². The van der Waals surface area contributed by atoms with Crippen molar-refractivity contribution in [1.82, 2.24) is 0 Å². The minimum atomic E-state index is -1.41. The molecule has 0 unspecified atom stereocenters. The Labute approximate surface area is 132 Å². The van der Waals surface area contributed by atoms with E-state index >= 15 is 0 Å². The largest absolute Gasteiger partial charge is 0.508 e. The molecule has 2 atom stereocenters. The number of aromatic hydroxyl groups is 2. The lowest BCUT2D eigenvalue weighted by Crippen LogP contribution is -2.36. The van der Waals surface area contributed by atoms with Gasteiger partial charge in [-0.3, -0.25) is 4.79 Å². The van der Waals surface area contributed by atoms with Gasteiger partial charge in [-0.2, -0.15) is 0 Å². The summed E-state index contributed by atoms with van der Waals surface area (Å²) in [6.07, 6.45) is -2.34. The first-order chi connectivity index (χ1) is 10.9. The first-order valence-corrected chi connectivity index (χ1v) is 7.02. The van der Waals surface area contributed by atoms with Gasteiger partial charge in [-0.05, 0) is 24.6 Å². The summed E-state index contributed by atoms with van der Waals surface area (Å²) >= 11 is 0. The van der Waals surface area contributed by atoms with Gasteiger partial charge in [-0.15, -0.1) is 0 Å². The fraction of sp³-hybridized carbons (Fsp3) is 0.235. The van der Waals surface area contributed by atoms with Crippen LogP contribution in [0.2, 0.25) is 0 Å². The Morgan fingerprint density at radius 1 is 1.17 bits per heavy atom. The van der Waals surface area contributed by atoms with Gasteiger partial charge < -0.3 is 24.8 Å². The predicted molar refractivity (Wildman–Crippen MR) is 81.2 cm³/mol. The van der Waals surface area contributed by atoms with Gasteiger partial charge in [-0.1, -0.05) is 12.1 Å². The molecule has 0 saturated heterocycles. The number of Topliss-reactive ketones (excluding diaryl/α,β-unsaturated/α-hetero) is 1. The fourth-order valence-electron chi connectivity index (χ4n) is 2.70. The molecule has 3 rings (SSSR count). The standard InChI is InChI=1S/C17H16O6/c1-8-11(19)7-12-13(16(8)22-2)14(20)15(21)17(23-12)9-3-5-10(18)6-4-9/h3-7,15,17-19,21H,1-2H3/t15-,17+/m1/s1. The van der Waals surface area contributed by atoms with E-state index in [0.717, 1.165) is 0 Å². The molecule has 0 fully saturated rings. The molecule has 1 aliphatic rings. The van der Waals surface area contributed by atoms with Gasteiger partial charge in [0.25, 0.3) is 0 Å². The Hall–Kier alpha value is -2.73. The van der Waals surface area contributed by atoms with Crippen molar-refractivity contribution < 1.29 is 29.6 Å². The highest BCUT2D eigenvalue weighted by atomic mass is 16.5. The van der Waals surface area contributed by atoms with E-state index in [1.807, 2.05) is 0 Å². The molecule has 6 heteroatoms.